The molecule has 0 bridgehead atoms. The molecule has 0 aromatic carbocycles. The van der Waals surface area contributed by atoms with Gasteiger partial charge in [0.15, 0.2) is 0 Å². The van der Waals surface area contributed by atoms with Gasteiger partial charge < -0.3 is 15.1 Å². The van der Waals surface area contributed by atoms with Crippen molar-refractivity contribution < 1.29 is 0 Å². The molecule has 0 radical (unpaired) electrons. The zero-order chi connectivity index (χ0) is 14.5. The average Bonchev–Trinajstić information content (AvgIpc) is 2.48. The summed E-state index contributed by atoms with van der Waals surface area (Å²) < 4.78 is 0. The van der Waals surface area contributed by atoms with Crippen LogP contribution in [0.15, 0.2) is 0 Å². The highest BCUT2D eigenvalue weighted by atomic mass is 15.2. The second kappa shape index (κ2) is 7.77. The lowest BCUT2D eigenvalue weighted by Gasteiger charge is -2.39. The lowest BCUT2D eigenvalue weighted by Crippen LogP contribution is -2.50. The van der Waals surface area contributed by atoms with E-state index in [2.05, 4.69) is 42.8 Å². The lowest BCUT2D eigenvalue weighted by molar-refractivity contribution is 0.134. The molecule has 2 heterocycles. The first-order valence-electron chi connectivity index (χ1n) is 8.82. The third kappa shape index (κ3) is 4.44. The minimum Gasteiger partial charge on any atom is -0.311 e. The van der Waals surface area contributed by atoms with Crippen molar-refractivity contribution in [1.82, 2.24) is 15.1 Å². The van der Waals surface area contributed by atoms with E-state index in [0.29, 0.717) is 12.1 Å². The zero-order valence-electron chi connectivity index (χ0n) is 14.1. The molecule has 0 amide bonds. The van der Waals surface area contributed by atoms with Crippen molar-refractivity contribution in [3.8, 4) is 0 Å². The fourth-order valence-electron chi connectivity index (χ4n) is 3.86. The molecule has 0 spiro atoms. The fourth-order valence-corrected chi connectivity index (χ4v) is 3.86. The van der Waals surface area contributed by atoms with Crippen molar-refractivity contribution in [3.05, 3.63) is 0 Å². The van der Waals surface area contributed by atoms with Crippen molar-refractivity contribution in [2.75, 3.05) is 32.7 Å². The number of nitrogens with one attached hydrogen (secondary N) is 1. The molecule has 1 atom stereocenters. The summed E-state index contributed by atoms with van der Waals surface area (Å²) >= 11 is 0. The number of hydrogen-bond acceptors (Lipinski definition) is 3. The number of likely N-dealkylation sites (tertiary alicyclic amines) is 2. The molecule has 2 aliphatic rings. The molecule has 0 aromatic heterocycles. The fraction of sp³-hybridized carbons (Fsp3) is 1.00. The van der Waals surface area contributed by atoms with Crippen LogP contribution in [0.4, 0.5) is 0 Å². The Morgan fingerprint density at radius 2 is 1.55 bits per heavy atom. The van der Waals surface area contributed by atoms with E-state index >= 15 is 0 Å². The monoisotopic (exact) mass is 281 g/mol. The average molecular weight is 281 g/mol. The second-order valence-corrected chi connectivity index (χ2v) is 7.13. The molecular weight excluding hydrogens is 246 g/mol. The van der Waals surface area contributed by atoms with Gasteiger partial charge in [0, 0.05) is 18.1 Å². The van der Waals surface area contributed by atoms with Gasteiger partial charge in [0.05, 0.1) is 0 Å². The van der Waals surface area contributed by atoms with Gasteiger partial charge in [-0.3, -0.25) is 0 Å². The summed E-state index contributed by atoms with van der Waals surface area (Å²) in [6, 6.07) is 2.17. The van der Waals surface area contributed by atoms with Gasteiger partial charge in [0.2, 0.25) is 0 Å². The van der Waals surface area contributed by atoms with Crippen LogP contribution in [-0.4, -0.2) is 60.6 Å². The van der Waals surface area contributed by atoms with Crippen LogP contribution in [0.2, 0.25) is 0 Å². The van der Waals surface area contributed by atoms with Crippen molar-refractivity contribution in [3.63, 3.8) is 0 Å². The van der Waals surface area contributed by atoms with Crippen molar-refractivity contribution in [2.24, 2.45) is 5.92 Å². The summed E-state index contributed by atoms with van der Waals surface area (Å²) in [4.78, 5) is 5.20. The minimum atomic E-state index is 0.699. The van der Waals surface area contributed by atoms with E-state index in [4.69, 9.17) is 0 Å². The van der Waals surface area contributed by atoms with Crippen molar-refractivity contribution in [2.45, 2.75) is 71.5 Å². The predicted octanol–water partition coefficient (Wildman–Crippen LogP) is 2.57. The quantitative estimate of drug-likeness (QED) is 0.835. The van der Waals surface area contributed by atoms with Crippen LogP contribution in [0.1, 0.15) is 53.4 Å². The number of nitrogens with zero attached hydrogens (tertiary/aromatic N) is 2. The molecule has 2 saturated heterocycles. The van der Waals surface area contributed by atoms with Crippen LogP contribution < -0.4 is 5.32 Å². The Balaban J connectivity index is 1.69. The van der Waals surface area contributed by atoms with Crippen molar-refractivity contribution >= 4 is 0 Å². The Morgan fingerprint density at radius 1 is 0.950 bits per heavy atom. The summed E-state index contributed by atoms with van der Waals surface area (Å²) in [6.07, 6.45) is 5.42. The van der Waals surface area contributed by atoms with Gasteiger partial charge in [-0.25, -0.2) is 0 Å². The Bertz CT molecular complexity index is 263. The van der Waals surface area contributed by atoms with Gasteiger partial charge in [-0.05, 0) is 85.1 Å². The maximum absolute atomic E-state index is 3.94. The van der Waals surface area contributed by atoms with E-state index in [0.717, 1.165) is 12.0 Å². The Kier molecular flexibility index (Phi) is 6.31. The molecule has 2 aliphatic heterocycles. The first-order chi connectivity index (χ1) is 9.60. The smallest absolute Gasteiger partial charge is 0.00940 e. The molecule has 2 rings (SSSR count). The Labute approximate surface area is 126 Å². The Hall–Kier alpha value is -0.120. The van der Waals surface area contributed by atoms with Gasteiger partial charge in [-0.1, -0.05) is 6.92 Å². The predicted molar refractivity (Wildman–Crippen MR) is 87.2 cm³/mol. The summed E-state index contributed by atoms with van der Waals surface area (Å²) in [5.74, 6) is 0.890. The highest BCUT2D eigenvalue weighted by Gasteiger charge is 2.27. The standard InChI is InChI=1S/C17H35N3/c1-5-19-10-6-16(7-11-19)15(4)18-17-8-12-20(13-9-17)14(2)3/h14-18H,5-13H2,1-4H3. The van der Waals surface area contributed by atoms with Crippen LogP contribution in [0, 0.1) is 5.92 Å². The summed E-state index contributed by atoms with van der Waals surface area (Å²) in [5, 5.41) is 3.94. The molecule has 3 heteroatoms. The molecule has 0 aromatic rings. The molecule has 1 unspecified atom stereocenters. The van der Waals surface area contributed by atoms with Gasteiger partial charge in [0.25, 0.3) is 0 Å². The van der Waals surface area contributed by atoms with Crippen LogP contribution in [0.3, 0.4) is 0 Å². The second-order valence-electron chi connectivity index (χ2n) is 7.13. The zero-order valence-corrected chi connectivity index (χ0v) is 14.1. The summed E-state index contributed by atoms with van der Waals surface area (Å²) in [7, 11) is 0. The molecule has 1 N–H and O–H groups in total. The minimum absolute atomic E-state index is 0.699. The van der Waals surface area contributed by atoms with Gasteiger partial charge in [-0.2, -0.15) is 0 Å². The molecular formula is C17H35N3. The highest BCUT2D eigenvalue weighted by molar-refractivity contribution is 4.85. The summed E-state index contributed by atoms with van der Waals surface area (Å²) in [6.45, 7) is 15.7. The number of piperidine rings is 2. The maximum Gasteiger partial charge on any atom is 0.00940 e. The molecule has 2 fully saturated rings. The largest absolute Gasteiger partial charge is 0.311 e. The molecule has 118 valence electrons. The van der Waals surface area contributed by atoms with Gasteiger partial charge >= 0.3 is 0 Å². The highest BCUT2D eigenvalue weighted by Crippen LogP contribution is 2.22. The van der Waals surface area contributed by atoms with E-state index in [1.54, 1.807) is 0 Å². The van der Waals surface area contributed by atoms with Gasteiger partial charge in [-0.15, -0.1) is 0 Å². The number of rotatable bonds is 5. The SMILES string of the molecule is CCN1CCC(C(C)NC2CCN(C(C)C)CC2)CC1. The van der Waals surface area contributed by atoms with E-state index in [1.165, 1.54) is 58.4 Å². The molecule has 3 nitrogen and oxygen atoms in total. The van der Waals surface area contributed by atoms with Gasteiger partial charge in [0.1, 0.15) is 0 Å². The number of hydrogen-bond donors (Lipinski definition) is 1. The van der Waals surface area contributed by atoms with Crippen LogP contribution in [0.25, 0.3) is 0 Å². The molecule has 20 heavy (non-hydrogen) atoms. The molecule has 0 aliphatic carbocycles. The maximum atomic E-state index is 3.94. The van der Waals surface area contributed by atoms with E-state index in [-0.39, 0.29) is 0 Å². The van der Waals surface area contributed by atoms with E-state index in [9.17, 15) is 0 Å². The first-order valence-corrected chi connectivity index (χ1v) is 8.82. The van der Waals surface area contributed by atoms with E-state index < -0.39 is 0 Å². The van der Waals surface area contributed by atoms with Crippen LogP contribution in [-0.2, 0) is 0 Å². The third-order valence-electron chi connectivity index (χ3n) is 5.54. The van der Waals surface area contributed by atoms with Crippen LogP contribution >= 0.6 is 0 Å². The summed E-state index contributed by atoms with van der Waals surface area (Å²) in [5.41, 5.74) is 0. The third-order valence-corrected chi connectivity index (χ3v) is 5.54. The van der Waals surface area contributed by atoms with E-state index in [1.807, 2.05) is 0 Å². The Morgan fingerprint density at radius 3 is 2.05 bits per heavy atom. The normalized spacial score (nSPS) is 26.2. The van der Waals surface area contributed by atoms with Crippen molar-refractivity contribution in [1.29, 1.82) is 0 Å². The lowest BCUT2D eigenvalue weighted by atomic mass is 9.89. The van der Waals surface area contributed by atoms with Crippen LogP contribution in [0.5, 0.6) is 0 Å². The molecule has 0 saturated carbocycles. The topological polar surface area (TPSA) is 18.5 Å². The first kappa shape index (κ1) is 16.3.